The standard InChI is InChI=1S/C24H28N4O2/c1-17(2)22(16-25)27-11-13-28(14-12-27)24(30)20-10-9-18(3)21(15-20)26-23(29)19-7-5-4-6-8-19/h4-10,15,17,22H,11-14H2,1-3H3,(H,26,29). The van der Waals surface area contributed by atoms with Crippen LogP contribution in [0.5, 0.6) is 0 Å². The number of carbonyl (C=O) groups is 2. The number of anilines is 1. The fourth-order valence-corrected chi connectivity index (χ4v) is 3.71. The second-order valence-corrected chi connectivity index (χ2v) is 8.00. The van der Waals surface area contributed by atoms with Crippen LogP contribution in [0.1, 0.15) is 40.1 Å². The smallest absolute Gasteiger partial charge is 0.255 e. The summed E-state index contributed by atoms with van der Waals surface area (Å²) in [7, 11) is 0. The van der Waals surface area contributed by atoms with E-state index in [1.165, 1.54) is 0 Å². The van der Waals surface area contributed by atoms with Crippen LogP contribution < -0.4 is 5.32 Å². The fourth-order valence-electron chi connectivity index (χ4n) is 3.71. The number of nitrogens with zero attached hydrogens (tertiary/aromatic N) is 3. The molecule has 1 atom stereocenters. The lowest BCUT2D eigenvalue weighted by molar-refractivity contribution is 0.0576. The maximum Gasteiger partial charge on any atom is 0.255 e. The Morgan fingerprint density at radius 2 is 1.67 bits per heavy atom. The molecular weight excluding hydrogens is 376 g/mol. The Kier molecular flexibility index (Phi) is 6.86. The predicted molar refractivity (Wildman–Crippen MR) is 117 cm³/mol. The first-order chi connectivity index (χ1) is 14.4. The minimum atomic E-state index is -0.201. The Labute approximate surface area is 178 Å². The van der Waals surface area contributed by atoms with Crippen LogP contribution in [0.3, 0.4) is 0 Å². The largest absolute Gasteiger partial charge is 0.336 e. The molecule has 0 spiro atoms. The third-order valence-corrected chi connectivity index (χ3v) is 5.53. The summed E-state index contributed by atoms with van der Waals surface area (Å²) in [6.07, 6.45) is 0. The summed E-state index contributed by atoms with van der Waals surface area (Å²) < 4.78 is 0. The summed E-state index contributed by atoms with van der Waals surface area (Å²) in [4.78, 5) is 29.5. The van der Waals surface area contributed by atoms with Crippen molar-refractivity contribution in [2.24, 2.45) is 5.92 Å². The molecule has 1 fully saturated rings. The van der Waals surface area contributed by atoms with Gasteiger partial charge in [-0.05, 0) is 42.7 Å². The van der Waals surface area contributed by atoms with E-state index < -0.39 is 0 Å². The van der Waals surface area contributed by atoms with E-state index in [-0.39, 0.29) is 23.8 Å². The number of piperazine rings is 1. The van der Waals surface area contributed by atoms with Gasteiger partial charge in [0, 0.05) is 43.0 Å². The van der Waals surface area contributed by atoms with Crippen molar-refractivity contribution in [1.29, 1.82) is 5.26 Å². The number of nitrogens with one attached hydrogen (secondary N) is 1. The van der Waals surface area contributed by atoms with E-state index in [1.807, 2.05) is 49.9 Å². The topological polar surface area (TPSA) is 76.4 Å². The van der Waals surface area contributed by atoms with E-state index in [2.05, 4.69) is 16.3 Å². The number of hydrogen-bond acceptors (Lipinski definition) is 4. The Bertz CT molecular complexity index is 941. The first kappa shape index (κ1) is 21.5. The minimum absolute atomic E-state index is 0.0529. The number of amides is 2. The van der Waals surface area contributed by atoms with Gasteiger partial charge in [-0.25, -0.2) is 0 Å². The van der Waals surface area contributed by atoms with Crippen molar-refractivity contribution < 1.29 is 9.59 Å². The number of aryl methyl sites for hydroxylation is 1. The van der Waals surface area contributed by atoms with E-state index in [4.69, 9.17) is 0 Å². The molecule has 1 saturated heterocycles. The number of nitriles is 1. The van der Waals surface area contributed by atoms with Crippen molar-refractivity contribution in [2.45, 2.75) is 26.8 Å². The van der Waals surface area contributed by atoms with E-state index in [0.29, 0.717) is 43.0 Å². The molecule has 2 aromatic carbocycles. The molecule has 0 aromatic heterocycles. The molecule has 6 nitrogen and oxygen atoms in total. The highest BCUT2D eigenvalue weighted by molar-refractivity contribution is 6.05. The van der Waals surface area contributed by atoms with Crippen molar-refractivity contribution in [2.75, 3.05) is 31.5 Å². The monoisotopic (exact) mass is 404 g/mol. The molecule has 156 valence electrons. The molecule has 1 heterocycles. The van der Waals surface area contributed by atoms with Gasteiger partial charge < -0.3 is 10.2 Å². The highest BCUT2D eigenvalue weighted by atomic mass is 16.2. The highest BCUT2D eigenvalue weighted by Crippen LogP contribution is 2.21. The zero-order chi connectivity index (χ0) is 21.7. The summed E-state index contributed by atoms with van der Waals surface area (Å²) in [6, 6.07) is 16.7. The molecule has 0 saturated carbocycles. The quantitative estimate of drug-likeness (QED) is 0.827. The zero-order valence-corrected chi connectivity index (χ0v) is 17.8. The van der Waals surface area contributed by atoms with Crippen LogP contribution in [0.2, 0.25) is 0 Å². The van der Waals surface area contributed by atoms with Crippen LogP contribution in [0.4, 0.5) is 5.69 Å². The van der Waals surface area contributed by atoms with Gasteiger partial charge in [0.05, 0.1) is 6.07 Å². The van der Waals surface area contributed by atoms with Crippen LogP contribution in [-0.4, -0.2) is 53.8 Å². The second kappa shape index (κ2) is 9.55. The normalized spacial score (nSPS) is 15.5. The molecular formula is C24H28N4O2. The van der Waals surface area contributed by atoms with Crippen molar-refractivity contribution in [1.82, 2.24) is 9.80 Å². The maximum absolute atomic E-state index is 13.0. The number of carbonyl (C=O) groups excluding carboxylic acids is 2. The van der Waals surface area contributed by atoms with Gasteiger partial charge in [-0.2, -0.15) is 5.26 Å². The number of benzene rings is 2. The minimum Gasteiger partial charge on any atom is -0.336 e. The van der Waals surface area contributed by atoms with Crippen molar-refractivity contribution in [3.05, 3.63) is 65.2 Å². The van der Waals surface area contributed by atoms with Gasteiger partial charge in [-0.1, -0.05) is 38.1 Å². The molecule has 3 rings (SSSR count). The van der Waals surface area contributed by atoms with Crippen LogP contribution in [0.15, 0.2) is 48.5 Å². The van der Waals surface area contributed by atoms with Gasteiger partial charge in [0.15, 0.2) is 0 Å². The zero-order valence-electron chi connectivity index (χ0n) is 17.8. The van der Waals surface area contributed by atoms with Gasteiger partial charge in [-0.15, -0.1) is 0 Å². The number of hydrogen-bond donors (Lipinski definition) is 1. The summed E-state index contributed by atoms with van der Waals surface area (Å²) >= 11 is 0. The summed E-state index contributed by atoms with van der Waals surface area (Å²) in [5, 5.41) is 12.3. The van der Waals surface area contributed by atoms with Gasteiger partial charge >= 0.3 is 0 Å². The fraction of sp³-hybridized carbons (Fsp3) is 0.375. The molecule has 1 unspecified atom stereocenters. The summed E-state index contributed by atoms with van der Waals surface area (Å²) in [6.45, 7) is 8.54. The van der Waals surface area contributed by atoms with Gasteiger partial charge in [0.25, 0.3) is 11.8 Å². The molecule has 1 aliphatic rings. The second-order valence-electron chi connectivity index (χ2n) is 8.00. The summed E-state index contributed by atoms with van der Waals surface area (Å²) in [5.74, 6) is 0.00110. The van der Waals surface area contributed by atoms with Crippen molar-refractivity contribution >= 4 is 17.5 Å². The lowest BCUT2D eigenvalue weighted by Crippen LogP contribution is -2.52. The first-order valence-electron chi connectivity index (χ1n) is 10.3. The van der Waals surface area contributed by atoms with E-state index in [9.17, 15) is 14.9 Å². The third-order valence-electron chi connectivity index (χ3n) is 5.53. The van der Waals surface area contributed by atoms with E-state index in [1.54, 1.807) is 24.3 Å². The maximum atomic E-state index is 13.0. The van der Waals surface area contributed by atoms with Crippen LogP contribution >= 0.6 is 0 Å². The molecule has 0 aliphatic carbocycles. The van der Waals surface area contributed by atoms with Crippen LogP contribution in [-0.2, 0) is 0 Å². The van der Waals surface area contributed by atoms with Crippen LogP contribution in [0, 0.1) is 24.2 Å². The van der Waals surface area contributed by atoms with Crippen LogP contribution in [0.25, 0.3) is 0 Å². The molecule has 0 bridgehead atoms. The Balaban J connectivity index is 1.68. The van der Waals surface area contributed by atoms with Crippen molar-refractivity contribution in [3.63, 3.8) is 0 Å². The Morgan fingerprint density at radius 1 is 1.00 bits per heavy atom. The molecule has 1 N–H and O–H groups in total. The molecule has 0 radical (unpaired) electrons. The number of rotatable bonds is 5. The summed E-state index contributed by atoms with van der Waals surface area (Å²) in [5.41, 5.74) is 2.66. The lowest BCUT2D eigenvalue weighted by atomic mass is 10.0. The molecule has 1 aliphatic heterocycles. The SMILES string of the molecule is Cc1ccc(C(=O)N2CCN(C(C#N)C(C)C)CC2)cc1NC(=O)c1ccccc1. The average Bonchev–Trinajstić information content (AvgIpc) is 2.76. The van der Waals surface area contributed by atoms with Gasteiger partial charge in [0.2, 0.25) is 0 Å². The molecule has 30 heavy (non-hydrogen) atoms. The van der Waals surface area contributed by atoms with Gasteiger partial charge in [-0.3, -0.25) is 14.5 Å². The molecule has 6 heteroatoms. The lowest BCUT2D eigenvalue weighted by Gasteiger charge is -2.38. The van der Waals surface area contributed by atoms with Gasteiger partial charge in [0.1, 0.15) is 6.04 Å². The third kappa shape index (κ3) is 4.87. The average molecular weight is 405 g/mol. The van der Waals surface area contributed by atoms with Crippen molar-refractivity contribution in [3.8, 4) is 6.07 Å². The van der Waals surface area contributed by atoms with E-state index in [0.717, 1.165) is 5.56 Å². The molecule has 2 aromatic rings. The predicted octanol–water partition coefficient (Wildman–Crippen LogP) is 3.55. The Morgan fingerprint density at radius 3 is 2.27 bits per heavy atom. The Hall–Kier alpha value is -3.17. The first-order valence-corrected chi connectivity index (χ1v) is 10.3. The molecule has 2 amide bonds. The highest BCUT2D eigenvalue weighted by Gasteiger charge is 2.28. The van der Waals surface area contributed by atoms with E-state index >= 15 is 0 Å².